The van der Waals surface area contributed by atoms with Crippen molar-refractivity contribution in [3.05, 3.63) is 41.5 Å². The normalized spacial score (nSPS) is 10.8. The van der Waals surface area contributed by atoms with Gasteiger partial charge >= 0.3 is 0 Å². The highest BCUT2D eigenvalue weighted by Crippen LogP contribution is 2.29. The second kappa shape index (κ2) is 6.08. The summed E-state index contributed by atoms with van der Waals surface area (Å²) < 4.78 is 13.1. The Bertz CT molecular complexity index is 623. The molecule has 0 spiro atoms. The number of nitrogens with one attached hydrogen (secondary N) is 1. The van der Waals surface area contributed by atoms with Crippen molar-refractivity contribution < 1.29 is 4.39 Å². The Morgan fingerprint density at radius 1 is 1.14 bits per heavy atom. The van der Waals surface area contributed by atoms with Crippen LogP contribution in [0.3, 0.4) is 0 Å². The fraction of sp³-hybridized carbons (Fsp3) is 0.375. The van der Waals surface area contributed by atoms with Crippen LogP contribution in [0.5, 0.6) is 0 Å². The zero-order valence-corrected chi connectivity index (χ0v) is 13.1. The molecule has 0 fully saturated rings. The van der Waals surface area contributed by atoms with Gasteiger partial charge in [0, 0.05) is 31.3 Å². The third-order valence-electron chi connectivity index (χ3n) is 3.42. The molecule has 0 radical (unpaired) electrons. The summed E-state index contributed by atoms with van der Waals surface area (Å²) in [5.41, 5.74) is 1.85. The Kier molecular flexibility index (Phi) is 4.40. The van der Waals surface area contributed by atoms with Crippen molar-refractivity contribution >= 4 is 17.3 Å². The first-order valence-corrected chi connectivity index (χ1v) is 6.99. The highest BCUT2D eigenvalue weighted by atomic mass is 19.1. The van der Waals surface area contributed by atoms with Gasteiger partial charge in [-0.1, -0.05) is 13.8 Å². The van der Waals surface area contributed by atoms with E-state index in [9.17, 15) is 4.39 Å². The third kappa shape index (κ3) is 3.12. The molecule has 4 nitrogen and oxygen atoms in total. The summed E-state index contributed by atoms with van der Waals surface area (Å²) in [7, 11) is 3.77. The lowest BCUT2D eigenvalue weighted by molar-refractivity contribution is 0.628. The largest absolute Gasteiger partial charge is 0.373 e. The number of hydrogen-bond donors (Lipinski definition) is 1. The van der Waals surface area contributed by atoms with E-state index in [2.05, 4.69) is 29.1 Å². The summed E-state index contributed by atoms with van der Waals surface area (Å²) >= 11 is 0. The van der Waals surface area contributed by atoms with Crippen molar-refractivity contribution in [3.8, 4) is 0 Å². The zero-order chi connectivity index (χ0) is 15.6. The van der Waals surface area contributed by atoms with Gasteiger partial charge in [0.15, 0.2) is 0 Å². The van der Waals surface area contributed by atoms with E-state index in [4.69, 9.17) is 0 Å². The molecular weight excluding hydrogens is 267 g/mol. The number of halogens is 1. The molecule has 0 aliphatic carbocycles. The molecule has 1 N–H and O–H groups in total. The van der Waals surface area contributed by atoms with Crippen LogP contribution in [0.4, 0.5) is 21.7 Å². The Hall–Kier alpha value is -2.17. The van der Waals surface area contributed by atoms with E-state index in [1.54, 1.807) is 12.1 Å². The Balaban J connectivity index is 2.50. The first-order valence-electron chi connectivity index (χ1n) is 6.99. The van der Waals surface area contributed by atoms with E-state index in [0.29, 0.717) is 0 Å². The Labute approximate surface area is 125 Å². The van der Waals surface area contributed by atoms with Crippen LogP contribution in [-0.2, 0) is 0 Å². The molecule has 5 heteroatoms. The number of aromatic nitrogens is 2. The van der Waals surface area contributed by atoms with Crippen LogP contribution in [0.15, 0.2) is 24.3 Å². The molecule has 0 atom stereocenters. The summed E-state index contributed by atoms with van der Waals surface area (Å²) in [5.74, 6) is 2.42. The van der Waals surface area contributed by atoms with Gasteiger partial charge in [-0.25, -0.2) is 14.4 Å². The highest BCUT2D eigenvalue weighted by molar-refractivity contribution is 5.66. The van der Waals surface area contributed by atoms with Gasteiger partial charge in [0.25, 0.3) is 0 Å². The maximum absolute atomic E-state index is 13.1. The fourth-order valence-corrected chi connectivity index (χ4v) is 2.14. The van der Waals surface area contributed by atoms with Gasteiger partial charge < -0.3 is 10.2 Å². The summed E-state index contributed by atoms with van der Waals surface area (Å²) in [6.07, 6.45) is 0. The van der Waals surface area contributed by atoms with E-state index in [0.717, 1.165) is 28.7 Å². The van der Waals surface area contributed by atoms with Gasteiger partial charge in [-0.05, 0) is 31.2 Å². The van der Waals surface area contributed by atoms with Gasteiger partial charge in [0.05, 0.1) is 0 Å². The average molecular weight is 288 g/mol. The quantitative estimate of drug-likeness (QED) is 0.927. The molecule has 1 heterocycles. The predicted molar refractivity (Wildman–Crippen MR) is 84.9 cm³/mol. The van der Waals surface area contributed by atoms with Crippen LogP contribution in [0.25, 0.3) is 0 Å². The summed E-state index contributed by atoms with van der Waals surface area (Å²) in [4.78, 5) is 11.1. The van der Waals surface area contributed by atoms with Crippen LogP contribution >= 0.6 is 0 Å². The molecular formula is C16H21FN4. The molecule has 0 saturated carbocycles. The smallest absolute Gasteiger partial charge is 0.141 e. The topological polar surface area (TPSA) is 41.1 Å². The molecule has 21 heavy (non-hydrogen) atoms. The Morgan fingerprint density at radius 2 is 1.76 bits per heavy atom. The molecule has 0 bridgehead atoms. The molecule has 0 unspecified atom stereocenters. The molecule has 0 aliphatic heterocycles. The number of anilines is 3. The molecule has 0 saturated heterocycles. The summed E-state index contributed by atoms with van der Waals surface area (Å²) in [5, 5.41) is 3.11. The van der Waals surface area contributed by atoms with Gasteiger partial charge in [0.2, 0.25) is 0 Å². The lowest BCUT2D eigenvalue weighted by atomic mass is 10.2. The van der Waals surface area contributed by atoms with E-state index < -0.39 is 0 Å². The van der Waals surface area contributed by atoms with Gasteiger partial charge in [-0.2, -0.15) is 0 Å². The fourth-order valence-electron chi connectivity index (χ4n) is 2.14. The molecule has 1 aromatic heterocycles. The van der Waals surface area contributed by atoms with Crippen molar-refractivity contribution in [1.82, 2.24) is 9.97 Å². The molecule has 0 aliphatic rings. The Morgan fingerprint density at radius 3 is 2.29 bits per heavy atom. The van der Waals surface area contributed by atoms with Crippen molar-refractivity contribution in [2.75, 3.05) is 24.3 Å². The summed E-state index contributed by atoms with van der Waals surface area (Å²) in [6, 6.07) is 6.38. The van der Waals surface area contributed by atoms with Crippen LogP contribution < -0.4 is 10.2 Å². The minimum absolute atomic E-state index is 0.234. The number of hydrogen-bond acceptors (Lipinski definition) is 4. The molecule has 2 rings (SSSR count). The van der Waals surface area contributed by atoms with Crippen LogP contribution in [0.1, 0.15) is 31.2 Å². The van der Waals surface area contributed by atoms with Crippen molar-refractivity contribution in [3.63, 3.8) is 0 Å². The number of rotatable bonds is 4. The van der Waals surface area contributed by atoms with Crippen LogP contribution in [0, 0.1) is 12.7 Å². The molecule has 0 amide bonds. The van der Waals surface area contributed by atoms with E-state index in [1.165, 1.54) is 12.1 Å². The standard InChI is InChI=1S/C16H21FN4/c1-10(2)14-19-15(18-4)11(3)16(20-14)21(5)13-8-6-12(17)7-9-13/h6-10H,1-5H3,(H,18,19,20). The average Bonchev–Trinajstić information content (AvgIpc) is 2.47. The van der Waals surface area contributed by atoms with E-state index in [-0.39, 0.29) is 11.7 Å². The van der Waals surface area contributed by atoms with Gasteiger partial charge in [-0.3, -0.25) is 0 Å². The van der Waals surface area contributed by atoms with Crippen molar-refractivity contribution in [2.45, 2.75) is 26.7 Å². The lowest BCUT2D eigenvalue weighted by Gasteiger charge is -2.23. The first-order chi connectivity index (χ1) is 9.93. The minimum atomic E-state index is -0.245. The van der Waals surface area contributed by atoms with Gasteiger partial charge in [0.1, 0.15) is 23.3 Å². The molecule has 2 aromatic rings. The van der Waals surface area contributed by atoms with Crippen LogP contribution in [0.2, 0.25) is 0 Å². The van der Waals surface area contributed by atoms with E-state index >= 15 is 0 Å². The second-order valence-electron chi connectivity index (χ2n) is 5.32. The van der Waals surface area contributed by atoms with Crippen molar-refractivity contribution in [2.24, 2.45) is 0 Å². The first kappa shape index (κ1) is 15.2. The van der Waals surface area contributed by atoms with E-state index in [1.807, 2.05) is 25.9 Å². The minimum Gasteiger partial charge on any atom is -0.373 e. The maximum Gasteiger partial charge on any atom is 0.141 e. The zero-order valence-electron chi connectivity index (χ0n) is 13.1. The predicted octanol–water partition coefficient (Wildman–Crippen LogP) is 3.86. The second-order valence-corrected chi connectivity index (χ2v) is 5.32. The molecule has 1 aromatic carbocycles. The molecule has 112 valence electrons. The monoisotopic (exact) mass is 288 g/mol. The lowest BCUT2D eigenvalue weighted by Crippen LogP contribution is -2.16. The van der Waals surface area contributed by atoms with Crippen LogP contribution in [-0.4, -0.2) is 24.1 Å². The number of nitrogens with zero attached hydrogens (tertiary/aromatic N) is 3. The SMILES string of the molecule is CNc1nc(C(C)C)nc(N(C)c2ccc(F)cc2)c1C. The van der Waals surface area contributed by atoms with Gasteiger partial charge in [-0.15, -0.1) is 0 Å². The maximum atomic E-state index is 13.1. The summed E-state index contributed by atoms with van der Waals surface area (Å²) in [6.45, 7) is 6.10. The number of benzene rings is 1. The highest BCUT2D eigenvalue weighted by Gasteiger charge is 2.16. The third-order valence-corrected chi connectivity index (χ3v) is 3.42. The van der Waals surface area contributed by atoms with Crippen molar-refractivity contribution in [1.29, 1.82) is 0 Å².